The molecule has 1 aliphatic carbocycles. The monoisotopic (exact) mass is 534 g/mol. The molecule has 0 fully saturated rings. The zero-order valence-corrected chi connectivity index (χ0v) is 21.9. The maximum Gasteiger partial charge on any atom is 0.266 e. The fraction of sp³-hybridized carbons (Fsp3) is 0.133. The molecule has 1 aliphatic rings. The van der Waals surface area contributed by atoms with E-state index in [0.29, 0.717) is 32.4 Å². The summed E-state index contributed by atoms with van der Waals surface area (Å²) in [6, 6.07) is 27.2. The molecule has 2 aromatic heterocycles. The van der Waals surface area contributed by atoms with Crippen LogP contribution < -0.4 is 10.9 Å². The minimum absolute atomic E-state index is 0.142. The Kier molecular flexibility index (Phi) is 6.54. The van der Waals surface area contributed by atoms with E-state index >= 15 is 0 Å². The van der Waals surface area contributed by atoms with Gasteiger partial charge in [-0.2, -0.15) is 5.26 Å². The number of thiophene rings is 1. The SMILES string of the molecule is N#Cc1c(NC(=O)CCSc2nc3ccccc3c(=O)n2-c2ccccc2)sc2c1CCc1ccccc1-2. The average Bonchev–Trinajstić information content (AvgIpc) is 3.31. The number of rotatable bonds is 6. The Bertz CT molecular complexity index is 1780. The molecule has 186 valence electrons. The molecule has 6 rings (SSSR count). The lowest BCUT2D eigenvalue weighted by Crippen LogP contribution is -2.22. The van der Waals surface area contributed by atoms with E-state index in [4.69, 9.17) is 4.98 Å². The predicted octanol–water partition coefficient (Wildman–Crippen LogP) is 6.21. The van der Waals surface area contributed by atoms with Crippen molar-refractivity contribution in [3.63, 3.8) is 0 Å². The molecular formula is C30H22N4O2S2. The van der Waals surface area contributed by atoms with E-state index < -0.39 is 0 Å². The van der Waals surface area contributed by atoms with Crippen LogP contribution in [0.15, 0.2) is 88.8 Å². The number of nitriles is 1. The summed E-state index contributed by atoms with van der Waals surface area (Å²) in [7, 11) is 0. The van der Waals surface area contributed by atoms with Gasteiger partial charge in [-0.25, -0.2) is 4.98 Å². The number of anilines is 1. The number of aryl methyl sites for hydroxylation is 1. The number of thioether (sulfide) groups is 1. The first kappa shape index (κ1) is 24.2. The lowest BCUT2D eigenvalue weighted by molar-refractivity contribution is -0.115. The Morgan fingerprint density at radius 1 is 1.03 bits per heavy atom. The maximum absolute atomic E-state index is 13.3. The molecule has 1 N–H and O–H groups in total. The van der Waals surface area contributed by atoms with Crippen LogP contribution in [0, 0.1) is 11.3 Å². The van der Waals surface area contributed by atoms with Crippen LogP contribution in [0.4, 0.5) is 5.00 Å². The fourth-order valence-corrected chi connectivity index (χ4v) is 7.01. The number of aromatic nitrogens is 2. The summed E-state index contributed by atoms with van der Waals surface area (Å²) in [5, 5.41) is 14.5. The van der Waals surface area contributed by atoms with Crippen LogP contribution in [0.3, 0.4) is 0 Å². The van der Waals surface area contributed by atoms with E-state index in [0.717, 1.165) is 34.5 Å². The van der Waals surface area contributed by atoms with Gasteiger partial charge in [0, 0.05) is 17.1 Å². The quantitative estimate of drug-likeness (QED) is 0.207. The molecule has 0 aliphatic heterocycles. The standard InChI is InChI=1S/C30H22N4O2S2/c31-18-24-22-15-14-19-8-4-5-11-21(19)27(22)38-28(24)33-26(35)16-17-37-30-32-25-13-7-6-12-23(25)29(36)34(30)20-9-2-1-3-10-20/h1-13H,14-17H2,(H,33,35). The Morgan fingerprint density at radius 2 is 1.79 bits per heavy atom. The molecule has 0 unspecified atom stereocenters. The van der Waals surface area contributed by atoms with Crippen LogP contribution in [-0.2, 0) is 17.6 Å². The van der Waals surface area contributed by atoms with Crippen LogP contribution in [-0.4, -0.2) is 21.2 Å². The van der Waals surface area contributed by atoms with Crippen molar-refractivity contribution in [1.82, 2.24) is 9.55 Å². The first-order valence-corrected chi connectivity index (χ1v) is 14.1. The zero-order valence-electron chi connectivity index (χ0n) is 20.3. The number of nitrogens with one attached hydrogen (secondary N) is 1. The van der Waals surface area contributed by atoms with Crippen molar-refractivity contribution >= 4 is 44.9 Å². The number of amides is 1. The Labute approximate surface area is 227 Å². The second-order valence-corrected chi connectivity index (χ2v) is 11.0. The minimum Gasteiger partial charge on any atom is -0.317 e. The number of nitrogens with zero attached hydrogens (tertiary/aromatic N) is 3. The predicted molar refractivity (Wildman–Crippen MR) is 153 cm³/mol. The van der Waals surface area contributed by atoms with Crippen LogP contribution in [0.5, 0.6) is 0 Å². The van der Waals surface area contributed by atoms with Crippen LogP contribution in [0.2, 0.25) is 0 Å². The highest BCUT2D eigenvalue weighted by Gasteiger charge is 2.25. The molecule has 0 bridgehead atoms. The Morgan fingerprint density at radius 3 is 2.63 bits per heavy atom. The number of benzene rings is 3. The van der Waals surface area contributed by atoms with Gasteiger partial charge in [-0.1, -0.05) is 66.4 Å². The molecule has 3 aromatic carbocycles. The lowest BCUT2D eigenvalue weighted by Gasteiger charge is -2.15. The van der Waals surface area contributed by atoms with Gasteiger partial charge in [0.25, 0.3) is 5.56 Å². The molecule has 6 nitrogen and oxygen atoms in total. The molecular weight excluding hydrogens is 512 g/mol. The summed E-state index contributed by atoms with van der Waals surface area (Å²) in [6.45, 7) is 0. The zero-order chi connectivity index (χ0) is 26.1. The minimum atomic E-state index is -0.171. The highest BCUT2D eigenvalue weighted by atomic mass is 32.2. The topological polar surface area (TPSA) is 87.8 Å². The van der Waals surface area contributed by atoms with E-state index in [1.54, 1.807) is 10.6 Å². The normalized spacial score (nSPS) is 12.0. The van der Waals surface area contributed by atoms with Gasteiger partial charge >= 0.3 is 0 Å². The molecule has 0 spiro atoms. The van der Waals surface area contributed by atoms with Crippen LogP contribution in [0.25, 0.3) is 27.0 Å². The summed E-state index contributed by atoms with van der Waals surface area (Å²) < 4.78 is 1.60. The van der Waals surface area contributed by atoms with E-state index in [1.165, 1.54) is 28.7 Å². The maximum atomic E-state index is 13.3. The van der Waals surface area contributed by atoms with Crippen LogP contribution in [0.1, 0.15) is 23.1 Å². The van der Waals surface area contributed by atoms with Gasteiger partial charge in [0.15, 0.2) is 5.16 Å². The summed E-state index contributed by atoms with van der Waals surface area (Å²) in [5.74, 6) is 0.259. The molecule has 1 amide bonds. The van der Waals surface area contributed by atoms with E-state index in [1.807, 2.05) is 60.7 Å². The third kappa shape index (κ3) is 4.40. The van der Waals surface area contributed by atoms with Crippen LogP contribution >= 0.6 is 23.1 Å². The second-order valence-electron chi connectivity index (χ2n) is 8.92. The Hall–Kier alpha value is -4.19. The first-order chi connectivity index (χ1) is 18.6. The summed E-state index contributed by atoms with van der Waals surface area (Å²) in [5.41, 5.74) is 5.21. The van der Waals surface area contributed by atoms with Crippen molar-refractivity contribution in [1.29, 1.82) is 5.26 Å². The van der Waals surface area contributed by atoms with Crippen molar-refractivity contribution in [2.45, 2.75) is 24.4 Å². The van der Waals surface area contributed by atoms with Gasteiger partial charge in [0.05, 0.1) is 22.2 Å². The third-order valence-corrected chi connectivity index (χ3v) is 8.72. The summed E-state index contributed by atoms with van der Waals surface area (Å²) in [6.07, 6.45) is 1.90. The second kappa shape index (κ2) is 10.3. The van der Waals surface area contributed by atoms with Crippen molar-refractivity contribution < 1.29 is 4.79 Å². The highest BCUT2D eigenvalue weighted by Crippen LogP contribution is 2.44. The largest absolute Gasteiger partial charge is 0.317 e. The summed E-state index contributed by atoms with van der Waals surface area (Å²) >= 11 is 2.84. The molecule has 2 heterocycles. The number of carbonyl (C=O) groups is 1. The molecule has 0 radical (unpaired) electrons. The van der Waals surface area contributed by atoms with Crippen molar-refractivity contribution in [3.8, 4) is 22.2 Å². The average molecular weight is 535 g/mol. The number of para-hydroxylation sites is 2. The number of hydrogen-bond donors (Lipinski definition) is 1. The van der Waals surface area contributed by atoms with E-state index in [2.05, 4.69) is 23.5 Å². The molecule has 0 saturated heterocycles. The number of hydrogen-bond acceptors (Lipinski definition) is 6. The molecule has 0 saturated carbocycles. The smallest absolute Gasteiger partial charge is 0.266 e. The van der Waals surface area contributed by atoms with Gasteiger partial charge in [0.1, 0.15) is 11.1 Å². The molecule has 8 heteroatoms. The number of carbonyl (C=O) groups excluding carboxylic acids is 1. The molecule has 0 atom stereocenters. The van der Waals surface area contributed by atoms with Crippen molar-refractivity contribution in [3.05, 3.63) is 106 Å². The van der Waals surface area contributed by atoms with Gasteiger partial charge < -0.3 is 5.32 Å². The van der Waals surface area contributed by atoms with Gasteiger partial charge in [-0.05, 0) is 53.8 Å². The first-order valence-electron chi connectivity index (χ1n) is 12.3. The van der Waals surface area contributed by atoms with Crippen molar-refractivity contribution in [2.24, 2.45) is 0 Å². The van der Waals surface area contributed by atoms with E-state index in [9.17, 15) is 14.9 Å². The highest BCUT2D eigenvalue weighted by molar-refractivity contribution is 7.99. The molecule has 38 heavy (non-hydrogen) atoms. The van der Waals surface area contributed by atoms with Gasteiger partial charge in [0.2, 0.25) is 5.91 Å². The fourth-order valence-electron chi connectivity index (χ4n) is 4.79. The third-order valence-electron chi connectivity index (χ3n) is 6.60. The van der Waals surface area contributed by atoms with Gasteiger partial charge in [-0.3, -0.25) is 14.2 Å². The summed E-state index contributed by atoms with van der Waals surface area (Å²) in [4.78, 5) is 32.1. The van der Waals surface area contributed by atoms with Crippen molar-refractivity contribution in [2.75, 3.05) is 11.1 Å². The number of fused-ring (bicyclic) bond motifs is 4. The van der Waals surface area contributed by atoms with E-state index in [-0.39, 0.29) is 17.9 Å². The van der Waals surface area contributed by atoms with Gasteiger partial charge in [-0.15, -0.1) is 11.3 Å². The molecule has 5 aromatic rings. The Balaban J connectivity index is 1.22. The lowest BCUT2D eigenvalue weighted by atomic mass is 9.90.